The van der Waals surface area contributed by atoms with Gasteiger partial charge in [-0.1, -0.05) is 0 Å². The highest BCUT2D eigenvalue weighted by Crippen LogP contribution is 2.26. The van der Waals surface area contributed by atoms with Crippen LogP contribution in [0.2, 0.25) is 0 Å². The lowest BCUT2D eigenvalue weighted by molar-refractivity contribution is -0.119. The third-order valence-electron chi connectivity index (χ3n) is 3.97. The highest BCUT2D eigenvalue weighted by atomic mass is 19.1. The van der Waals surface area contributed by atoms with Gasteiger partial charge in [-0.3, -0.25) is 9.69 Å². The maximum atomic E-state index is 14.5. The zero-order valence-electron chi connectivity index (χ0n) is 13.6. The lowest BCUT2D eigenvalue weighted by Gasteiger charge is -2.22. The molecule has 2 amide bonds. The Labute approximate surface area is 143 Å². The summed E-state index contributed by atoms with van der Waals surface area (Å²) in [6.07, 6.45) is 2.70. The van der Waals surface area contributed by atoms with Gasteiger partial charge in [-0.25, -0.2) is 9.18 Å². The molecule has 0 radical (unpaired) electrons. The molecule has 1 atom stereocenters. The van der Waals surface area contributed by atoms with E-state index in [9.17, 15) is 14.0 Å². The van der Waals surface area contributed by atoms with E-state index in [4.69, 9.17) is 9.84 Å². The summed E-state index contributed by atoms with van der Waals surface area (Å²) in [5, 5.41) is 11.7. The Morgan fingerprint density at radius 1 is 1.44 bits per heavy atom. The van der Waals surface area contributed by atoms with E-state index in [-0.39, 0.29) is 25.7 Å². The largest absolute Gasteiger partial charge is 0.447 e. The summed E-state index contributed by atoms with van der Waals surface area (Å²) in [5.41, 5.74) is 1.32. The number of nitrogens with one attached hydrogen (secondary N) is 1. The zero-order chi connectivity index (χ0) is 18.0. The number of cyclic esters (lactones) is 1. The molecule has 2 heterocycles. The van der Waals surface area contributed by atoms with Gasteiger partial charge in [-0.05, 0) is 29.8 Å². The molecule has 25 heavy (non-hydrogen) atoms. The molecular weight excluding hydrogens is 329 g/mol. The van der Waals surface area contributed by atoms with Crippen LogP contribution in [0.15, 0.2) is 36.7 Å². The van der Waals surface area contributed by atoms with Gasteiger partial charge >= 0.3 is 6.09 Å². The molecule has 1 aliphatic heterocycles. The van der Waals surface area contributed by atoms with Gasteiger partial charge in [0.1, 0.15) is 12.4 Å². The number of carbonyl (C=O) groups is 2. The number of hydrogen-bond acceptors (Lipinski definition) is 4. The second-order valence-corrected chi connectivity index (χ2v) is 5.76. The molecule has 1 aromatic carbocycles. The number of anilines is 1. The number of rotatable bonds is 5. The van der Waals surface area contributed by atoms with Crippen molar-refractivity contribution in [3.8, 4) is 5.69 Å². The van der Waals surface area contributed by atoms with Crippen molar-refractivity contribution < 1.29 is 23.8 Å². The Balaban J connectivity index is 1.85. The smallest absolute Gasteiger partial charge is 0.414 e. The minimum Gasteiger partial charge on any atom is -0.447 e. The molecule has 1 fully saturated rings. The molecule has 0 bridgehead atoms. The number of halogens is 1. The first kappa shape index (κ1) is 17.0. The molecule has 0 unspecified atom stereocenters. The van der Waals surface area contributed by atoms with Gasteiger partial charge in [0, 0.05) is 25.9 Å². The third-order valence-corrected chi connectivity index (χ3v) is 3.97. The summed E-state index contributed by atoms with van der Waals surface area (Å²) >= 11 is 0. The quantitative estimate of drug-likeness (QED) is 0.860. The van der Waals surface area contributed by atoms with Gasteiger partial charge in [-0.15, -0.1) is 0 Å². The van der Waals surface area contributed by atoms with Gasteiger partial charge in [0.05, 0.1) is 24.0 Å². The van der Waals surface area contributed by atoms with Crippen LogP contribution in [0, 0.1) is 5.82 Å². The first-order valence-electron chi connectivity index (χ1n) is 7.77. The lowest BCUT2D eigenvalue weighted by Crippen LogP contribution is -2.42. The summed E-state index contributed by atoms with van der Waals surface area (Å²) in [6.45, 7) is 1.60. The van der Waals surface area contributed by atoms with Crippen molar-refractivity contribution in [2.45, 2.75) is 19.6 Å². The van der Waals surface area contributed by atoms with Gasteiger partial charge in [0.2, 0.25) is 5.91 Å². The maximum Gasteiger partial charge on any atom is 0.414 e. The number of aromatic nitrogens is 1. The summed E-state index contributed by atoms with van der Waals surface area (Å²) in [6, 6.07) is 5.71. The first-order chi connectivity index (χ1) is 12.0. The molecule has 132 valence electrons. The highest BCUT2D eigenvalue weighted by molar-refractivity contribution is 5.90. The summed E-state index contributed by atoms with van der Waals surface area (Å²) in [4.78, 5) is 24.4. The molecular formula is C17H18FN3O4. The Morgan fingerprint density at radius 3 is 2.88 bits per heavy atom. The Kier molecular flexibility index (Phi) is 4.71. The van der Waals surface area contributed by atoms with Gasteiger partial charge in [-0.2, -0.15) is 0 Å². The number of amides is 2. The minimum atomic E-state index is -0.578. The van der Waals surface area contributed by atoms with E-state index in [1.165, 1.54) is 17.9 Å². The van der Waals surface area contributed by atoms with Crippen LogP contribution in [0.3, 0.4) is 0 Å². The summed E-state index contributed by atoms with van der Waals surface area (Å²) in [7, 11) is 0. The Hall–Kier alpha value is -2.87. The molecule has 0 spiro atoms. The summed E-state index contributed by atoms with van der Waals surface area (Å²) in [5.74, 6) is -0.733. The van der Waals surface area contributed by atoms with E-state index in [2.05, 4.69) is 5.32 Å². The molecule has 2 aromatic rings. The number of aliphatic hydroxyl groups excluding tert-OH is 1. The van der Waals surface area contributed by atoms with E-state index >= 15 is 0 Å². The van der Waals surface area contributed by atoms with Crippen LogP contribution in [0.4, 0.5) is 14.9 Å². The highest BCUT2D eigenvalue weighted by Gasteiger charge is 2.34. The monoisotopic (exact) mass is 347 g/mol. The molecule has 1 aromatic heterocycles. The van der Waals surface area contributed by atoms with E-state index in [0.717, 1.165) is 0 Å². The second kappa shape index (κ2) is 6.94. The molecule has 2 N–H and O–H groups in total. The lowest BCUT2D eigenvalue weighted by atomic mass is 10.2. The first-order valence-corrected chi connectivity index (χ1v) is 7.77. The van der Waals surface area contributed by atoms with Gasteiger partial charge in [0.15, 0.2) is 0 Å². The van der Waals surface area contributed by atoms with Crippen molar-refractivity contribution in [1.29, 1.82) is 0 Å². The average molecular weight is 347 g/mol. The van der Waals surface area contributed by atoms with Gasteiger partial charge in [0.25, 0.3) is 0 Å². The SMILES string of the molecule is CC(=O)NC[C@H]1COC(=O)N1c1ccc(-n2ccc(CO)c2)c(F)c1. The Morgan fingerprint density at radius 2 is 2.24 bits per heavy atom. The van der Waals surface area contributed by atoms with E-state index in [0.29, 0.717) is 16.9 Å². The van der Waals surface area contributed by atoms with Crippen LogP contribution >= 0.6 is 0 Å². The average Bonchev–Trinajstić information content (AvgIpc) is 3.19. The molecule has 8 heteroatoms. The zero-order valence-corrected chi connectivity index (χ0v) is 13.6. The molecule has 0 saturated carbocycles. The van der Waals surface area contributed by atoms with Crippen LogP contribution < -0.4 is 10.2 Å². The van der Waals surface area contributed by atoms with Crippen molar-refractivity contribution in [2.24, 2.45) is 0 Å². The fourth-order valence-corrected chi connectivity index (χ4v) is 2.73. The third kappa shape index (κ3) is 3.48. The van der Waals surface area contributed by atoms with Crippen molar-refractivity contribution in [3.05, 3.63) is 48.0 Å². The van der Waals surface area contributed by atoms with Crippen LogP contribution in [0.25, 0.3) is 5.69 Å². The van der Waals surface area contributed by atoms with Crippen molar-refractivity contribution in [2.75, 3.05) is 18.1 Å². The number of aliphatic hydroxyl groups is 1. The van der Waals surface area contributed by atoms with Crippen LogP contribution in [-0.2, 0) is 16.1 Å². The van der Waals surface area contributed by atoms with E-state index < -0.39 is 18.0 Å². The minimum absolute atomic E-state index is 0.125. The Bertz CT molecular complexity index is 805. The molecule has 0 aliphatic carbocycles. The topological polar surface area (TPSA) is 83.8 Å². The predicted molar refractivity (Wildman–Crippen MR) is 87.9 cm³/mol. The number of hydrogen-bond donors (Lipinski definition) is 2. The maximum absolute atomic E-state index is 14.5. The normalized spacial score (nSPS) is 16.8. The number of ether oxygens (including phenoxy) is 1. The number of benzene rings is 1. The predicted octanol–water partition coefficient (Wildman–Crippen LogP) is 1.57. The van der Waals surface area contributed by atoms with Crippen LogP contribution in [-0.4, -0.2) is 40.9 Å². The molecule has 1 saturated heterocycles. The van der Waals surface area contributed by atoms with Gasteiger partial charge < -0.3 is 19.7 Å². The van der Waals surface area contributed by atoms with E-state index in [1.54, 1.807) is 35.2 Å². The number of nitrogens with zero attached hydrogens (tertiary/aromatic N) is 2. The van der Waals surface area contributed by atoms with Crippen molar-refractivity contribution in [3.63, 3.8) is 0 Å². The number of carbonyl (C=O) groups excluding carboxylic acids is 2. The molecule has 7 nitrogen and oxygen atoms in total. The molecule has 3 rings (SSSR count). The van der Waals surface area contributed by atoms with Crippen LogP contribution in [0.1, 0.15) is 12.5 Å². The van der Waals surface area contributed by atoms with Crippen molar-refractivity contribution >= 4 is 17.7 Å². The van der Waals surface area contributed by atoms with Crippen molar-refractivity contribution in [1.82, 2.24) is 9.88 Å². The van der Waals surface area contributed by atoms with E-state index in [1.807, 2.05) is 0 Å². The summed E-state index contributed by atoms with van der Waals surface area (Å²) < 4.78 is 21.1. The van der Waals surface area contributed by atoms with Crippen LogP contribution in [0.5, 0.6) is 0 Å². The second-order valence-electron chi connectivity index (χ2n) is 5.76. The fourth-order valence-electron chi connectivity index (χ4n) is 2.73. The standard InChI is InChI=1S/C17H18FN3O4/c1-11(23)19-7-14-10-25-17(24)21(14)13-2-3-16(15(18)6-13)20-5-4-12(8-20)9-22/h2-6,8,14,22H,7,9-10H2,1H3,(H,19,23)/t14-/m0/s1. The fraction of sp³-hybridized carbons (Fsp3) is 0.294. The molecule has 1 aliphatic rings.